The van der Waals surface area contributed by atoms with E-state index in [1.807, 2.05) is 19.2 Å². The van der Waals surface area contributed by atoms with Crippen molar-refractivity contribution in [3.63, 3.8) is 0 Å². The highest BCUT2D eigenvalue weighted by Gasteiger charge is 2.19. The zero-order valence-electron chi connectivity index (χ0n) is 13.7. The summed E-state index contributed by atoms with van der Waals surface area (Å²) in [5.41, 5.74) is 2.15. The number of fused-ring (bicyclic) bond motifs is 1. The Labute approximate surface area is 140 Å². The largest absolute Gasteiger partial charge is 0.449 e. The first kappa shape index (κ1) is 15.0. The molecule has 0 saturated heterocycles. The highest BCUT2D eigenvalue weighted by atomic mass is 16.3. The van der Waals surface area contributed by atoms with E-state index in [4.69, 9.17) is 4.42 Å². The minimum absolute atomic E-state index is 0.718. The third-order valence-electron chi connectivity index (χ3n) is 4.33. The fourth-order valence-corrected chi connectivity index (χ4v) is 3.11. The Balaban J connectivity index is 1.45. The van der Waals surface area contributed by atoms with Gasteiger partial charge in [0, 0.05) is 58.3 Å². The highest BCUT2D eigenvalue weighted by Crippen LogP contribution is 2.14. The lowest BCUT2D eigenvalue weighted by Gasteiger charge is -2.17. The minimum Gasteiger partial charge on any atom is -0.449 e. The number of hydrogen-bond donors (Lipinski definition) is 0. The van der Waals surface area contributed by atoms with Gasteiger partial charge in [-0.1, -0.05) is 6.07 Å². The first-order valence-corrected chi connectivity index (χ1v) is 8.21. The Morgan fingerprint density at radius 2 is 2.17 bits per heavy atom. The Morgan fingerprint density at radius 1 is 1.21 bits per heavy atom. The molecule has 4 rings (SSSR count). The second kappa shape index (κ2) is 6.52. The van der Waals surface area contributed by atoms with Crippen LogP contribution in [0, 0.1) is 6.92 Å². The molecule has 0 spiro atoms. The summed E-state index contributed by atoms with van der Waals surface area (Å²) in [6.07, 6.45) is 7.09. The molecular weight excluding hydrogens is 304 g/mol. The van der Waals surface area contributed by atoms with E-state index in [2.05, 4.69) is 35.7 Å². The van der Waals surface area contributed by atoms with Crippen LogP contribution >= 0.6 is 0 Å². The van der Waals surface area contributed by atoms with Crippen LogP contribution in [0.3, 0.4) is 0 Å². The third kappa shape index (κ3) is 3.21. The maximum atomic E-state index is 5.30. The molecule has 4 heterocycles. The van der Waals surface area contributed by atoms with Gasteiger partial charge in [0.15, 0.2) is 5.89 Å². The molecule has 1 aliphatic rings. The lowest BCUT2D eigenvalue weighted by atomic mass is 10.2. The van der Waals surface area contributed by atoms with Gasteiger partial charge < -0.3 is 8.98 Å². The Kier molecular flexibility index (Phi) is 4.08. The van der Waals surface area contributed by atoms with Crippen LogP contribution in [-0.2, 0) is 25.9 Å². The molecule has 3 aromatic rings. The van der Waals surface area contributed by atoms with Crippen molar-refractivity contribution in [3.05, 3.63) is 59.6 Å². The van der Waals surface area contributed by atoms with Crippen molar-refractivity contribution >= 4 is 0 Å². The third-order valence-corrected chi connectivity index (χ3v) is 4.33. The van der Waals surface area contributed by atoms with E-state index >= 15 is 0 Å². The zero-order chi connectivity index (χ0) is 16.4. The van der Waals surface area contributed by atoms with Crippen LogP contribution in [0.1, 0.15) is 28.8 Å². The number of pyridine rings is 1. The average Bonchev–Trinajstić information content (AvgIpc) is 3.11. The molecule has 24 heavy (non-hydrogen) atoms. The highest BCUT2D eigenvalue weighted by molar-refractivity contribution is 5.15. The molecule has 7 heteroatoms. The van der Waals surface area contributed by atoms with Gasteiger partial charge in [0.05, 0.1) is 5.69 Å². The van der Waals surface area contributed by atoms with Gasteiger partial charge >= 0.3 is 0 Å². The fraction of sp³-hybridized carbons (Fsp3) is 0.412. The molecule has 0 N–H and O–H groups in total. The van der Waals surface area contributed by atoms with Gasteiger partial charge in [-0.25, -0.2) is 4.98 Å². The Morgan fingerprint density at radius 3 is 2.96 bits per heavy atom. The molecule has 0 atom stereocenters. The first-order valence-electron chi connectivity index (χ1n) is 8.21. The molecule has 124 valence electrons. The molecule has 0 amide bonds. The molecule has 0 bridgehead atoms. The van der Waals surface area contributed by atoms with E-state index < -0.39 is 0 Å². The minimum atomic E-state index is 0.718. The topological polar surface area (TPSA) is 72.9 Å². The van der Waals surface area contributed by atoms with Crippen LogP contribution in [0.2, 0.25) is 0 Å². The van der Waals surface area contributed by atoms with Crippen molar-refractivity contribution in [3.8, 4) is 0 Å². The maximum Gasteiger partial charge on any atom is 0.191 e. The summed E-state index contributed by atoms with van der Waals surface area (Å²) < 4.78 is 7.55. The number of oxazole rings is 1. The Bertz CT molecular complexity index is 810. The average molecular weight is 324 g/mol. The molecule has 0 saturated carbocycles. The van der Waals surface area contributed by atoms with Crippen LogP contribution < -0.4 is 0 Å². The standard InChI is InChI=1S/C17H20N6O/c1-13-19-15(12-24-13)11-22-6-4-16-20-21-17(23(16)8-7-22)9-14-3-2-5-18-10-14/h2-3,5,10,12H,4,6-9,11H2,1H3. The number of hydrogen-bond acceptors (Lipinski definition) is 6. The van der Waals surface area contributed by atoms with Crippen molar-refractivity contribution in [2.75, 3.05) is 13.1 Å². The van der Waals surface area contributed by atoms with E-state index in [0.717, 1.165) is 67.8 Å². The predicted octanol–water partition coefficient (Wildman–Crippen LogP) is 1.62. The molecule has 0 aliphatic carbocycles. The van der Waals surface area contributed by atoms with Crippen molar-refractivity contribution in [1.82, 2.24) is 29.6 Å². The van der Waals surface area contributed by atoms with E-state index in [1.54, 1.807) is 12.5 Å². The van der Waals surface area contributed by atoms with Gasteiger partial charge in [0.2, 0.25) is 0 Å². The van der Waals surface area contributed by atoms with Crippen LogP contribution in [-0.4, -0.2) is 42.7 Å². The van der Waals surface area contributed by atoms with Crippen molar-refractivity contribution < 1.29 is 4.42 Å². The van der Waals surface area contributed by atoms with E-state index in [1.165, 1.54) is 0 Å². The lowest BCUT2D eigenvalue weighted by Crippen LogP contribution is -2.27. The first-order chi connectivity index (χ1) is 11.8. The number of rotatable bonds is 4. The smallest absolute Gasteiger partial charge is 0.191 e. The monoisotopic (exact) mass is 324 g/mol. The predicted molar refractivity (Wildman–Crippen MR) is 87.3 cm³/mol. The molecule has 0 unspecified atom stereocenters. The quantitative estimate of drug-likeness (QED) is 0.726. The molecular formula is C17H20N6O. The van der Waals surface area contributed by atoms with Crippen LogP contribution in [0.5, 0.6) is 0 Å². The van der Waals surface area contributed by atoms with Crippen LogP contribution in [0.4, 0.5) is 0 Å². The van der Waals surface area contributed by atoms with Gasteiger partial charge in [-0.2, -0.15) is 0 Å². The van der Waals surface area contributed by atoms with Gasteiger partial charge in [-0.3, -0.25) is 9.88 Å². The SMILES string of the molecule is Cc1nc(CN2CCc3nnc(Cc4cccnc4)n3CC2)co1. The van der Waals surface area contributed by atoms with Crippen molar-refractivity contribution in [2.24, 2.45) is 0 Å². The van der Waals surface area contributed by atoms with Crippen molar-refractivity contribution in [1.29, 1.82) is 0 Å². The van der Waals surface area contributed by atoms with E-state index in [-0.39, 0.29) is 0 Å². The maximum absolute atomic E-state index is 5.30. The van der Waals surface area contributed by atoms with E-state index in [0.29, 0.717) is 0 Å². The molecule has 0 aromatic carbocycles. The van der Waals surface area contributed by atoms with Gasteiger partial charge in [-0.15, -0.1) is 10.2 Å². The molecule has 0 fully saturated rings. The summed E-state index contributed by atoms with van der Waals surface area (Å²) in [5, 5.41) is 8.78. The zero-order valence-corrected chi connectivity index (χ0v) is 13.7. The van der Waals surface area contributed by atoms with Crippen molar-refractivity contribution in [2.45, 2.75) is 32.9 Å². The molecule has 3 aromatic heterocycles. The molecule has 7 nitrogen and oxygen atoms in total. The summed E-state index contributed by atoms with van der Waals surface area (Å²) in [6.45, 7) is 5.49. The number of nitrogens with zero attached hydrogens (tertiary/aromatic N) is 6. The van der Waals surface area contributed by atoms with E-state index in [9.17, 15) is 0 Å². The van der Waals surface area contributed by atoms with Gasteiger partial charge in [-0.05, 0) is 11.6 Å². The summed E-state index contributed by atoms with van der Waals surface area (Å²) in [4.78, 5) is 11.0. The van der Waals surface area contributed by atoms with Gasteiger partial charge in [0.1, 0.15) is 17.9 Å². The summed E-state index contributed by atoms with van der Waals surface area (Å²) in [5.74, 6) is 2.79. The molecule has 0 radical (unpaired) electrons. The van der Waals surface area contributed by atoms with Crippen LogP contribution in [0.25, 0.3) is 0 Å². The summed E-state index contributed by atoms with van der Waals surface area (Å²) in [6, 6.07) is 4.03. The normalized spacial score (nSPS) is 15.2. The second-order valence-corrected chi connectivity index (χ2v) is 6.11. The van der Waals surface area contributed by atoms with Gasteiger partial charge in [0.25, 0.3) is 0 Å². The van der Waals surface area contributed by atoms with Crippen LogP contribution in [0.15, 0.2) is 35.2 Å². The summed E-state index contributed by atoms with van der Waals surface area (Å²) in [7, 11) is 0. The fourth-order valence-electron chi connectivity index (χ4n) is 3.11. The number of aryl methyl sites for hydroxylation is 1. The second-order valence-electron chi connectivity index (χ2n) is 6.11. The summed E-state index contributed by atoms with van der Waals surface area (Å²) >= 11 is 0. The Hall–Kier alpha value is -2.54. The molecule has 1 aliphatic heterocycles. The lowest BCUT2D eigenvalue weighted by molar-refractivity contribution is 0.267. The number of aromatic nitrogens is 5.